The summed E-state index contributed by atoms with van der Waals surface area (Å²) in [5.74, 6) is -0.347. The van der Waals surface area contributed by atoms with Gasteiger partial charge in [0.1, 0.15) is 5.00 Å². The first-order valence-corrected chi connectivity index (χ1v) is 10.6. The van der Waals surface area contributed by atoms with Gasteiger partial charge in [0.2, 0.25) is 5.91 Å². The van der Waals surface area contributed by atoms with Gasteiger partial charge in [-0.3, -0.25) is 9.59 Å². The summed E-state index contributed by atoms with van der Waals surface area (Å²) in [6.45, 7) is 6.53. The molecule has 1 aromatic carbocycles. The number of anilines is 1. The molecule has 0 atom stereocenters. The molecule has 0 spiro atoms. The summed E-state index contributed by atoms with van der Waals surface area (Å²) < 4.78 is 0. The highest BCUT2D eigenvalue weighted by Crippen LogP contribution is 2.38. The third-order valence-corrected chi connectivity index (χ3v) is 6.27. The molecule has 0 bridgehead atoms. The van der Waals surface area contributed by atoms with Gasteiger partial charge in [0, 0.05) is 18.0 Å². The van der Waals surface area contributed by atoms with Crippen molar-refractivity contribution in [3.8, 4) is 0 Å². The predicted molar refractivity (Wildman–Crippen MR) is 117 cm³/mol. The van der Waals surface area contributed by atoms with Crippen molar-refractivity contribution >= 4 is 34.2 Å². The maximum absolute atomic E-state index is 12.5. The van der Waals surface area contributed by atoms with Gasteiger partial charge < -0.3 is 10.6 Å². The Bertz CT molecular complexity index is 902. The van der Waals surface area contributed by atoms with Crippen molar-refractivity contribution in [2.45, 2.75) is 51.9 Å². The Balaban J connectivity index is 1.75. The Labute approximate surface area is 171 Å². The summed E-state index contributed by atoms with van der Waals surface area (Å²) in [6.07, 6.45) is 7.44. The van der Waals surface area contributed by atoms with Crippen molar-refractivity contribution in [1.82, 2.24) is 5.32 Å². The molecule has 0 saturated heterocycles. The third kappa shape index (κ3) is 4.53. The van der Waals surface area contributed by atoms with Gasteiger partial charge >= 0.3 is 0 Å². The lowest BCUT2D eigenvalue weighted by Gasteiger charge is -2.18. The summed E-state index contributed by atoms with van der Waals surface area (Å²) in [7, 11) is 1.63. The number of carbonyl (C=O) groups is 2. The van der Waals surface area contributed by atoms with Crippen LogP contribution in [0.3, 0.4) is 0 Å². The molecule has 2 amide bonds. The van der Waals surface area contributed by atoms with Gasteiger partial charge in [0.05, 0.1) is 5.56 Å². The maximum Gasteiger partial charge on any atom is 0.254 e. The van der Waals surface area contributed by atoms with Gasteiger partial charge in [-0.05, 0) is 53.9 Å². The van der Waals surface area contributed by atoms with Gasteiger partial charge in [-0.15, -0.1) is 11.3 Å². The molecule has 0 aliphatic heterocycles. The standard InChI is InChI=1S/C23H28N2O2S/c1-23(2,3)16-12-9-15(10-13-16)11-14-19(26)25-22-20(21(27)24-4)17-7-5-6-8-18(17)28-22/h9-14H,5-8H2,1-4H3,(H,24,27)(H,25,26). The Kier molecular flexibility index (Phi) is 6.04. The molecule has 3 rings (SSSR count). The van der Waals surface area contributed by atoms with Crippen LogP contribution in [-0.4, -0.2) is 18.9 Å². The highest BCUT2D eigenvalue weighted by molar-refractivity contribution is 7.17. The van der Waals surface area contributed by atoms with Crippen molar-refractivity contribution in [3.63, 3.8) is 0 Å². The fourth-order valence-corrected chi connectivity index (χ4v) is 4.73. The highest BCUT2D eigenvalue weighted by Gasteiger charge is 2.25. The molecular weight excluding hydrogens is 368 g/mol. The van der Waals surface area contributed by atoms with Gasteiger partial charge in [-0.25, -0.2) is 0 Å². The quantitative estimate of drug-likeness (QED) is 0.720. The summed E-state index contributed by atoms with van der Waals surface area (Å²) in [6, 6.07) is 8.22. The number of carbonyl (C=O) groups excluding carboxylic acids is 2. The number of amides is 2. The number of hydrogen-bond donors (Lipinski definition) is 2. The second kappa shape index (κ2) is 8.31. The molecule has 2 aromatic rings. The minimum Gasteiger partial charge on any atom is -0.355 e. The van der Waals surface area contributed by atoms with Crippen LogP contribution in [0.5, 0.6) is 0 Å². The zero-order chi connectivity index (χ0) is 20.3. The number of fused-ring (bicyclic) bond motifs is 1. The number of aryl methyl sites for hydroxylation is 1. The van der Waals surface area contributed by atoms with Crippen molar-refractivity contribution in [1.29, 1.82) is 0 Å². The van der Waals surface area contributed by atoms with Crippen LogP contribution in [0.15, 0.2) is 30.3 Å². The van der Waals surface area contributed by atoms with Crippen LogP contribution in [0.4, 0.5) is 5.00 Å². The number of benzene rings is 1. The van der Waals surface area contributed by atoms with E-state index in [-0.39, 0.29) is 17.2 Å². The van der Waals surface area contributed by atoms with Gasteiger partial charge in [-0.1, -0.05) is 45.0 Å². The number of hydrogen-bond acceptors (Lipinski definition) is 3. The number of rotatable bonds is 4. The lowest BCUT2D eigenvalue weighted by Crippen LogP contribution is -2.21. The molecule has 5 heteroatoms. The molecule has 0 fully saturated rings. The van der Waals surface area contributed by atoms with E-state index < -0.39 is 0 Å². The van der Waals surface area contributed by atoms with E-state index in [1.165, 1.54) is 27.9 Å². The first-order valence-electron chi connectivity index (χ1n) is 9.76. The SMILES string of the molecule is CNC(=O)c1c(NC(=O)C=Cc2ccc(C(C)(C)C)cc2)sc2c1CCCC2. The average Bonchev–Trinajstić information content (AvgIpc) is 3.03. The van der Waals surface area contributed by atoms with Crippen molar-refractivity contribution in [2.75, 3.05) is 12.4 Å². The van der Waals surface area contributed by atoms with Crippen LogP contribution < -0.4 is 10.6 Å². The van der Waals surface area contributed by atoms with E-state index in [4.69, 9.17) is 0 Å². The van der Waals surface area contributed by atoms with Crippen LogP contribution >= 0.6 is 11.3 Å². The second-order valence-corrected chi connectivity index (χ2v) is 9.29. The molecule has 1 aliphatic rings. The topological polar surface area (TPSA) is 58.2 Å². The van der Waals surface area contributed by atoms with Gasteiger partial charge in [0.25, 0.3) is 5.91 Å². The van der Waals surface area contributed by atoms with Crippen LogP contribution in [0.2, 0.25) is 0 Å². The van der Waals surface area contributed by atoms with E-state index in [9.17, 15) is 9.59 Å². The Hall–Kier alpha value is -2.40. The fourth-order valence-electron chi connectivity index (χ4n) is 3.44. The lowest BCUT2D eigenvalue weighted by atomic mass is 9.87. The number of nitrogens with one attached hydrogen (secondary N) is 2. The van der Waals surface area contributed by atoms with E-state index >= 15 is 0 Å². The normalized spacial score (nSPS) is 14.0. The summed E-state index contributed by atoms with van der Waals surface area (Å²) in [5, 5.41) is 6.28. The van der Waals surface area contributed by atoms with E-state index in [0.717, 1.165) is 36.8 Å². The largest absolute Gasteiger partial charge is 0.355 e. The molecule has 28 heavy (non-hydrogen) atoms. The van der Waals surface area contributed by atoms with Gasteiger partial charge in [-0.2, -0.15) is 0 Å². The molecule has 148 valence electrons. The van der Waals surface area contributed by atoms with E-state index in [2.05, 4.69) is 43.5 Å². The highest BCUT2D eigenvalue weighted by atomic mass is 32.1. The lowest BCUT2D eigenvalue weighted by molar-refractivity contribution is -0.111. The molecule has 0 saturated carbocycles. The van der Waals surface area contributed by atoms with E-state index in [0.29, 0.717) is 10.6 Å². The van der Waals surface area contributed by atoms with Crippen LogP contribution in [0.1, 0.15) is 65.5 Å². The minimum atomic E-state index is -0.219. The smallest absolute Gasteiger partial charge is 0.254 e. The van der Waals surface area contributed by atoms with Gasteiger partial charge in [0.15, 0.2) is 0 Å². The second-order valence-electron chi connectivity index (χ2n) is 8.19. The van der Waals surface area contributed by atoms with Crippen molar-refractivity contribution in [2.24, 2.45) is 0 Å². The number of thiophene rings is 1. The first-order chi connectivity index (χ1) is 13.3. The Morgan fingerprint density at radius 2 is 1.75 bits per heavy atom. The van der Waals surface area contributed by atoms with E-state index in [1.54, 1.807) is 13.1 Å². The van der Waals surface area contributed by atoms with Crippen LogP contribution in [-0.2, 0) is 23.1 Å². The van der Waals surface area contributed by atoms with Crippen molar-refractivity contribution < 1.29 is 9.59 Å². The summed E-state index contributed by atoms with van der Waals surface area (Å²) >= 11 is 1.53. The monoisotopic (exact) mass is 396 g/mol. The van der Waals surface area contributed by atoms with E-state index in [1.807, 2.05) is 12.1 Å². The third-order valence-electron chi connectivity index (χ3n) is 5.07. The molecule has 4 nitrogen and oxygen atoms in total. The minimum absolute atomic E-state index is 0.105. The molecule has 0 unspecified atom stereocenters. The predicted octanol–water partition coefficient (Wildman–Crippen LogP) is 4.94. The van der Waals surface area contributed by atoms with Crippen LogP contribution in [0.25, 0.3) is 6.08 Å². The summed E-state index contributed by atoms with van der Waals surface area (Å²) in [5.41, 5.74) is 4.08. The van der Waals surface area contributed by atoms with Crippen molar-refractivity contribution in [3.05, 3.63) is 57.5 Å². The summed E-state index contributed by atoms with van der Waals surface area (Å²) in [4.78, 5) is 26.1. The molecule has 0 radical (unpaired) electrons. The Morgan fingerprint density at radius 1 is 1.07 bits per heavy atom. The zero-order valence-electron chi connectivity index (χ0n) is 17.0. The fraction of sp³-hybridized carbons (Fsp3) is 0.391. The molecule has 2 N–H and O–H groups in total. The average molecular weight is 397 g/mol. The maximum atomic E-state index is 12.5. The first kappa shape index (κ1) is 20.3. The molecule has 1 heterocycles. The molecule has 1 aliphatic carbocycles. The van der Waals surface area contributed by atoms with Crippen LogP contribution in [0, 0.1) is 0 Å². The zero-order valence-corrected chi connectivity index (χ0v) is 17.8. The molecular formula is C23H28N2O2S. The molecule has 1 aromatic heterocycles. The Morgan fingerprint density at radius 3 is 2.39 bits per heavy atom.